The number of ether oxygens (including phenoxy) is 1. The summed E-state index contributed by atoms with van der Waals surface area (Å²) in [7, 11) is 0. The monoisotopic (exact) mass is 263 g/mol. The van der Waals surface area contributed by atoms with E-state index in [1.165, 1.54) is 0 Å². The molecular formula is C13H23BF3O-. The van der Waals surface area contributed by atoms with Gasteiger partial charge in [0.15, 0.2) is 0 Å². The van der Waals surface area contributed by atoms with Crippen LogP contribution in [0, 0.1) is 17.8 Å². The highest BCUT2D eigenvalue weighted by atomic mass is 19.4. The lowest BCUT2D eigenvalue weighted by molar-refractivity contribution is -0.0280. The van der Waals surface area contributed by atoms with Gasteiger partial charge < -0.3 is 17.7 Å². The summed E-state index contributed by atoms with van der Waals surface area (Å²) in [6, 6.07) is 0. The average Bonchev–Trinajstić information content (AvgIpc) is 2.24. The van der Waals surface area contributed by atoms with Crippen molar-refractivity contribution in [2.24, 2.45) is 17.8 Å². The Morgan fingerprint density at radius 1 is 1.33 bits per heavy atom. The summed E-state index contributed by atoms with van der Waals surface area (Å²) < 4.78 is 42.8. The van der Waals surface area contributed by atoms with Crippen LogP contribution in [-0.2, 0) is 4.74 Å². The van der Waals surface area contributed by atoms with Crippen LogP contribution in [0.4, 0.5) is 12.9 Å². The highest BCUT2D eigenvalue weighted by Gasteiger charge is 2.33. The number of halogens is 3. The molecule has 0 aliphatic heterocycles. The average molecular weight is 263 g/mol. The Bertz CT molecular complexity index is 288. The van der Waals surface area contributed by atoms with Gasteiger partial charge in [-0.2, -0.15) is 0 Å². The summed E-state index contributed by atoms with van der Waals surface area (Å²) in [6.07, 6.45) is 3.00. The van der Waals surface area contributed by atoms with E-state index in [9.17, 15) is 12.9 Å². The van der Waals surface area contributed by atoms with Crippen molar-refractivity contribution in [3.05, 3.63) is 12.1 Å². The minimum Gasteiger partial charge on any atom is -0.445 e. The van der Waals surface area contributed by atoms with Gasteiger partial charge in [-0.05, 0) is 30.6 Å². The lowest BCUT2D eigenvalue weighted by Crippen LogP contribution is -2.36. The van der Waals surface area contributed by atoms with E-state index in [4.69, 9.17) is 4.74 Å². The van der Waals surface area contributed by atoms with Gasteiger partial charge in [-0.1, -0.05) is 27.2 Å². The SMILES string of the molecule is C=C(COC1CC(C)CCC1C(C)C)[B-](F)(F)F. The van der Waals surface area contributed by atoms with E-state index in [1.807, 2.05) is 0 Å². The van der Waals surface area contributed by atoms with E-state index >= 15 is 0 Å². The second-order valence-electron chi connectivity index (χ2n) is 5.91. The summed E-state index contributed by atoms with van der Waals surface area (Å²) in [5.74, 6) is 1.36. The minimum atomic E-state index is -4.97. The normalized spacial score (nSPS) is 29.6. The smallest absolute Gasteiger partial charge is 0.445 e. The molecule has 0 heterocycles. The molecule has 0 bridgehead atoms. The van der Waals surface area contributed by atoms with E-state index < -0.39 is 12.4 Å². The van der Waals surface area contributed by atoms with Crippen LogP contribution in [-0.4, -0.2) is 19.7 Å². The lowest BCUT2D eigenvalue weighted by Gasteiger charge is -2.37. The van der Waals surface area contributed by atoms with Crippen molar-refractivity contribution >= 4 is 6.98 Å². The Kier molecular flexibility index (Phi) is 5.32. The summed E-state index contributed by atoms with van der Waals surface area (Å²) >= 11 is 0. The van der Waals surface area contributed by atoms with E-state index in [0.717, 1.165) is 19.3 Å². The van der Waals surface area contributed by atoms with Crippen molar-refractivity contribution in [2.75, 3.05) is 6.61 Å². The first-order valence-corrected chi connectivity index (χ1v) is 6.71. The van der Waals surface area contributed by atoms with Gasteiger partial charge in [0.2, 0.25) is 0 Å². The summed E-state index contributed by atoms with van der Waals surface area (Å²) in [4.78, 5) is 0. The Morgan fingerprint density at radius 3 is 2.44 bits per heavy atom. The van der Waals surface area contributed by atoms with Crippen molar-refractivity contribution in [1.29, 1.82) is 0 Å². The van der Waals surface area contributed by atoms with Crippen molar-refractivity contribution in [3.63, 3.8) is 0 Å². The maximum Gasteiger partial charge on any atom is 0.507 e. The van der Waals surface area contributed by atoms with Crippen LogP contribution < -0.4 is 0 Å². The van der Waals surface area contributed by atoms with Crippen LogP contribution in [0.1, 0.15) is 40.0 Å². The van der Waals surface area contributed by atoms with Gasteiger partial charge in [0.25, 0.3) is 0 Å². The molecule has 1 rings (SSSR count). The predicted molar refractivity (Wildman–Crippen MR) is 69.3 cm³/mol. The molecule has 1 aliphatic carbocycles. The molecule has 0 aromatic heterocycles. The van der Waals surface area contributed by atoms with Gasteiger partial charge in [-0.3, -0.25) is 0 Å². The summed E-state index contributed by atoms with van der Waals surface area (Å²) in [6.45, 7) is 4.10. The standard InChI is InChI=1S/C13H23BF3O/c1-9(2)12-6-5-10(3)7-13(12)18-8-11(4)14(15,16)17/h9-10,12-13H,4-8H2,1-3H3/q-1. The zero-order valence-electron chi connectivity index (χ0n) is 11.5. The zero-order valence-corrected chi connectivity index (χ0v) is 11.5. The third-order valence-corrected chi connectivity index (χ3v) is 3.91. The first-order chi connectivity index (χ1) is 8.21. The number of hydrogen-bond acceptors (Lipinski definition) is 1. The molecule has 0 aromatic carbocycles. The Balaban J connectivity index is 2.54. The van der Waals surface area contributed by atoms with Crippen LogP contribution >= 0.6 is 0 Å². The second-order valence-corrected chi connectivity index (χ2v) is 5.91. The molecule has 0 saturated heterocycles. The van der Waals surface area contributed by atoms with Gasteiger partial charge >= 0.3 is 6.98 Å². The lowest BCUT2D eigenvalue weighted by atomic mass is 9.75. The van der Waals surface area contributed by atoms with Crippen LogP contribution in [0.5, 0.6) is 0 Å². The molecule has 0 radical (unpaired) electrons. The quantitative estimate of drug-likeness (QED) is 0.668. The first-order valence-electron chi connectivity index (χ1n) is 6.71. The second kappa shape index (κ2) is 6.13. The fraction of sp³-hybridized carbons (Fsp3) is 0.846. The van der Waals surface area contributed by atoms with Gasteiger partial charge in [-0.15, -0.1) is 12.1 Å². The largest absolute Gasteiger partial charge is 0.507 e. The molecule has 0 aromatic rings. The highest BCUT2D eigenvalue weighted by Crippen LogP contribution is 2.35. The Morgan fingerprint density at radius 2 is 1.94 bits per heavy atom. The molecule has 1 nitrogen and oxygen atoms in total. The zero-order chi connectivity index (χ0) is 13.9. The van der Waals surface area contributed by atoms with Crippen molar-refractivity contribution < 1.29 is 17.7 Å². The molecule has 1 fully saturated rings. The summed E-state index contributed by atoms with van der Waals surface area (Å²) in [5, 5.41) is 0. The fourth-order valence-electron chi connectivity index (χ4n) is 2.61. The third-order valence-electron chi connectivity index (χ3n) is 3.91. The van der Waals surface area contributed by atoms with Crippen LogP contribution in [0.3, 0.4) is 0 Å². The molecule has 0 amide bonds. The first kappa shape index (κ1) is 15.6. The number of hydrogen-bond donors (Lipinski definition) is 0. The third kappa shape index (κ3) is 4.34. The van der Waals surface area contributed by atoms with Crippen molar-refractivity contribution in [3.8, 4) is 0 Å². The van der Waals surface area contributed by atoms with E-state index in [2.05, 4.69) is 27.4 Å². The number of rotatable bonds is 5. The molecule has 0 N–H and O–H groups in total. The molecule has 3 atom stereocenters. The Labute approximate surface area is 108 Å². The van der Waals surface area contributed by atoms with Crippen LogP contribution in [0.15, 0.2) is 12.1 Å². The van der Waals surface area contributed by atoms with Gasteiger partial charge in [0, 0.05) is 6.61 Å². The van der Waals surface area contributed by atoms with Gasteiger partial charge in [0.1, 0.15) is 0 Å². The molecule has 0 spiro atoms. The molecule has 3 unspecified atom stereocenters. The van der Waals surface area contributed by atoms with Crippen molar-refractivity contribution in [1.82, 2.24) is 0 Å². The molecule has 106 valence electrons. The molecule has 1 aliphatic rings. The summed E-state index contributed by atoms with van der Waals surface area (Å²) in [5.41, 5.74) is -0.726. The topological polar surface area (TPSA) is 9.23 Å². The maximum absolute atomic E-state index is 12.4. The van der Waals surface area contributed by atoms with Crippen LogP contribution in [0.2, 0.25) is 0 Å². The van der Waals surface area contributed by atoms with Crippen molar-refractivity contribution in [2.45, 2.75) is 46.1 Å². The predicted octanol–water partition coefficient (Wildman–Crippen LogP) is 4.41. The Hall–Kier alpha value is -0.445. The van der Waals surface area contributed by atoms with Gasteiger partial charge in [0.05, 0.1) is 6.10 Å². The maximum atomic E-state index is 12.4. The fourth-order valence-corrected chi connectivity index (χ4v) is 2.61. The molecule has 18 heavy (non-hydrogen) atoms. The van der Waals surface area contributed by atoms with E-state index in [0.29, 0.717) is 17.8 Å². The van der Waals surface area contributed by atoms with E-state index in [1.54, 1.807) is 0 Å². The van der Waals surface area contributed by atoms with Crippen LogP contribution in [0.25, 0.3) is 0 Å². The highest BCUT2D eigenvalue weighted by molar-refractivity contribution is 6.66. The van der Waals surface area contributed by atoms with E-state index in [-0.39, 0.29) is 12.7 Å². The minimum absolute atomic E-state index is 0.0522. The molecule has 5 heteroatoms. The molecular weight excluding hydrogens is 240 g/mol. The molecule has 1 saturated carbocycles. The van der Waals surface area contributed by atoms with Gasteiger partial charge in [-0.25, -0.2) is 0 Å².